The summed E-state index contributed by atoms with van der Waals surface area (Å²) in [4.78, 5) is 25.5. The number of aromatic nitrogens is 5. The maximum absolute atomic E-state index is 12.8. The number of hydrogen-bond acceptors (Lipinski definition) is 8. The molecule has 9 nitrogen and oxygen atoms in total. The van der Waals surface area contributed by atoms with E-state index in [1.165, 1.54) is 0 Å². The lowest BCUT2D eigenvalue weighted by molar-refractivity contribution is 0.0523. The van der Waals surface area contributed by atoms with Crippen molar-refractivity contribution in [3.05, 3.63) is 59.2 Å². The molecule has 0 atom stereocenters. The SMILES string of the molecule is CC(C)(C)OC(=O)n1nc(Cl)c2c(Nc3c(-c4ncccn4)oc4cnccc34)ccc(Cl)c21. The molecule has 1 aromatic carbocycles. The third-order valence-corrected chi connectivity index (χ3v) is 5.39. The lowest BCUT2D eigenvalue weighted by Crippen LogP contribution is -2.27. The number of halogens is 2. The molecule has 4 heterocycles. The summed E-state index contributed by atoms with van der Waals surface area (Å²) < 4.78 is 12.5. The van der Waals surface area contributed by atoms with Crippen molar-refractivity contribution in [1.29, 1.82) is 0 Å². The molecule has 0 spiro atoms. The van der Waals surface area contributed by atoms with E-state index in [0.29, 0.717) is 44.5 Å². The third-order valence-electron chi connectivity index (χ3n) is 4.82. The van der Waals surface area contributed by atoms with Crippen LogP contribution in [-0.2, 0) is 4.74 Å². The van der Waals surface area contributed by atoms with Gasteiger partial charge in [0.2, 0.25) is 0 Å². The topological polar surface area (TPSA) is 108 Å². The van der Waals surface area contributed by atoms with E-state index in [1.807, 2.05) is 6.07 Å². The molecule has 0 radical (unpaired) electrons. The van der Waals surface area contributed by atoms with Crippen molar-refractivity contribution >= 4 is 62.5 Å². The van der Waals surface area contributed by atoms with Gasteiger partial charge in [-0.1, -0.05) is 23.2 Å². The van der Waals surface area contributed by atoms with E-state index in [9.17, 15) is 4.79 Å². The molecule has 0 aliphatic heterocycles. The van der Waals surface area contributed by atoms with Gasteiger partial charge in [-0.15, -0.1) is 5.10 Å². The number of pyridine rings is 1. The lowest BCUT2D eigenvalue weighted by Gasteiger charge is -2.19. The fourth-order valence-corrected chi connectivity index (χ4v) is 4.00. The molecule has 0 amide bonds. The predicted molar refractivity (Wildman–Crippen MR) is 130 cm³/mol. The van der Waals surface area contributed by atoms with E-state index in [-0.39, 0.29) is 5.15 Å². The van der Waals surface area contributed by atoms with E-state index in [2.05, 4.69) is 25.4 Å². The minimum absolute atomic E-state index is 0.0813. The summed E-state index contributed by atoms with van der Waals surface area (Å²) >= 11 is 13.0. The molecule has 0 bridgehead atoms. The second-order valence-corrected chi connectivity index (χ2v) is 9.14. The summed E-state index contributed by atoms with van der Waals surface area (Å²) in [5, 5.41) is 9.13. The minimum atomic E-state index is -0.724. The summed E-state index contributed by atoms with van der Waals surface area (Å²) in [7, 11) is 0. The van der Waals surface area contributed by atoms with Crippen LogP contribution in [0, 0.1) is 0 Å². The highest BCUT2D eigenvalue weighted by molar-refractivity contribution is 6.40. The highest BCUT2D eigenvalue weighted by Gasteiger charge is 2.26. The molecule has 5 aromatic rings. The van der Waals surface area contributed by atoms with Crippen molar-refractivity contribution in [2.75, 3.05) is 5.32 Å². The quantitative estimate of drug-likeness (QED) is 0.302. The number of fused-ring (bicyclic) bond motifs is 2. The Morgan fingerprint density at radius 1 is 1.12 bits per heavy atom. The molecule has 172 valence electrons. The van der Waals surface area contributed by atoms with Gasteiger partial charge in [0.05, 0.1) is 28.0 Å². The van der Waals surface area contributed by atoms with Crippen LogP contribution in [0.3, 0.4) is 0 Å². The molecule has 0 aliphatic carbocycles. The summed E-state index contributed by atoms with van der Waals surface area (Å²) in [6, 6.07) is 6.92. The summed E-state index contributed by atoms with van der Waals surface area (Å²) in [6.07, 6.45) is 5.82. The highest BCUT2D eigenvalue weighted by Crippen LogP contribution is 2.42. The Morgan fingerprint density at radius 3 is 2.62 bits per heavy atom. The first-order valence-electron chi connectivity index (χ1n) is 10.2. The van der Waals surface area contributed by atoms with E-state index in [4.69, 9.17) is 32.4 Å². The Balaban J connectivity index is 1.68. The highest BCUT2D eigenvalue weighted by atomic mass is 35.5. The Kier molecular flexibility index (Phi) is 5.38. The summed E-state index contributed by atoms with van der Waals surface area (Å²) in [5.41, 5.74) is 1.30. The third kappa shape index (κ3) is 3.93. The zero-order valence-corrected chi connectivity index (χ0v) is 19.8. The number of benzene rings is 1. The number of anilines is 2. The predicted octanol–water partition coefficient (Wildman–Crippen LogP) is 6.47. The van der Waals surface area contributed by atoms with Crippen LogP contribution >= 0.6 is 23.2 Å². The maximum atomic E-state index is 12.8. The van der Waals surface area contributed by atoms with Gasteiger partial charge in [0.1, 0.15) is 11.1 Å². The zero-order chi connectivity index (χ0) is 24.0. The first-order chi connectivity index (χ1) is 16.2. The van der Waals surface area contributed by atoms with Gasteiger partial charge in [-0.3, -0.25) is 4.98 Å². The molecule has 0 unspecified atom stereocenters. The molecule has 1 N–H and O–H groups in total. The molecule has 11 heteroatoms. The molecule has 0 aliphatic rings. The Hall–Kier alpha value is -3.69. The Labute approximate surface area is 203 Å². The van der Waals surface area contributed by atoms with Crippen molar-refractivity contribution < 1.29 is 13.9 Å². The van der Waals surface area contributed by atoms with Gasteiger partial charge in [0, 0.05) is 24.0 Å². The van der Waals surface area contributed by atoms with Crippen LogP contribution in [0.15, 0.2) is 53.5 Å². The van der Waals surface area contributed by atoms with Crippen LogP contribution in [0.5, 0.6) is 0 Å². The fraction of sp³-hybridized carbons (Fsp3) is 0.174. The first-order valence-corrected chi connectivity index (χ1v) is 11.0. The molecular formula is C23H18Cl2N6O3. The smallest absolute Gasteiger partial charge is 0.435 e. The van der Waals surface area contributed by atoms with Crippen molar-refractivity contribution in [3.8, 4) is 11.6 Å². The number of nitrogens with one attached hydrogen (secondary N) is 1. The van der Waals surface area contributed by atoms with Gasteiger partial charge in [-0.2, -0.15) is 4.68 Å². The van der Waals surface area contributed by atoms with Gasteiger partial charge in [-0.25, -0.2) is 14.8 Å². The standard InChI is InChI=1S/C23H18Cl2N6O3/c1-23(2,3)34-22(32)31-18-13(24)5-6-14(16(18)20(25)30-31)29-17-12-7-10-26-11-15(12)33-19(17)21-27-8-4-9-28-21/h4-11,29H,1-3H3. The van der Waals surface area contributed by atoms with Crippen LogP contribution in [0.2, 0.25) is 10.2 Å². The number of ether oxygens (including phenoxy) is 1. The molecule has 0 saturated heterocycles. The number of carbonyl (C=O) groups is 1. The zero-order valence-electron chi connectivity index (χ0n) is 18.3. The van der Waals surface area contributed by atoms with E-state index in [0.717, 1.165) is 10.1 Å². The van der Waals surface area contributed by atoms with Crippen molar-refractivity contribution in [1.82, 2.24) is 24.7 Å². The first kappa shape index (κ1) is 22.1. The minimum Gasteiger partial charge on any atom is -0.449 e. The number of hydrogen-bond donors (Lipinski definition) is 1. The van der Waals surface area contributed by atoms with Gasteiger partial charge in [0.15, 0.2) is 22.3 Å². The normalized spacial score (nSPS) is 11.8. The monoisotopic (exact) mass is 496 g/mol. The molecule has 5 rings (SSSR count). The van der Waals surface area contributed by atoms with Crippen molar-refractivity contribution in [2.45, 2.75) is 26.4 Å². The second-order valence-electron chi connectivity index (χ2n) is 8.38. The summed E-state index contributed by atoms with van der Waals surface area (Å²) in [6.45, 7) is 5.29. The average molecular weight is 497 g/mol. The second kappa shape index (κ2) is 8.27. The van der Waals surface area contributed by atoms with Crippen LogP contribution in [0.4, 0.5) is 16.2 Å². The van der Waals surface area contributed by atoms with Gasteiger partial charge >= 0.3 is 6.09 Å². The molecule has 34 heavy (non-hydrogen) atoms. The largest absolute Gasteiger partial charge is 0.449 e. The van der Waals surface area contributed by atoms with E-state index < -0.39 is 11.7 Å². The molecule has 0 fully saturated rings. The van der Waals surface area contributed by atoms with Crippen LogP contribution in [-0.4, -0.2) is 36.4 Å². The van der Waals surface area contributed by atoms with E-state index in [1.54, 1.807) is 63.8 Å². The van der Waals surface area contributed by atoms with Crippen LogP contribution in [0.1, 0.15) is 20.8 Å². The average Bonchev–Trinajstić information content (AvgIpc) is 3.34. The number of carbonyl (C=O) groups excluding carboxylic acids is 1. The van der Waals surface area contributed by atoms with Gasteiger partial charge in [-0.05, 0) is 45.0 Å². The van der Waals surface area contributed by atoms with Gasteiger partial charge < -0.3 is 14.5 Å². The maximum Gasteiger partial charge on any atom is 0.435 e. The van der Waals surface area contributed by atoms with Crippen molar-refractivity contribution in [3.63, 3.8) is 0 Å². The number of furan rings is 1. The van der Waals surface area contributed by atoms with Crippen molar-refractivity contribution in [2.24, 2.45) is 0 Å². The lowest BCUT2D eigenvalue weighted by atomic mass is 10.2. The van der Waals surface area contributed by atoms with Gasteiger partial charge in [0.25, 0.3) is 0 Å². The number of nitrogens with zero attached hydrogens (tertiary/aromatic N) is 5. The van der Waals surface area contributed by atoms with E-state index >= 15 is 0 Å². The Morgan fingerprint density at radius 2 is 1.88 bits per heavy atom. The molecular weight excluding hydrogens is 479 g/mol. The Bertz CT molecular complexity index is 1540. The fourth-order valence-electron chi connectivity index (χ4n) is 3.49. The summed E-state index contributed by atoms with van der Waals surface area (Å²) in [5.74, 6) is 0.810. The molecule has 4 aromatic heterocycles. The van der Waals surface area contributed by atoms with Crippen LogP contribution < -0.4 is 5.32 Å². The molecule has 0 saturated carbocycles. The van der Waals surface area contributed by atoms with Crippen LogP contribution in [0.25, 0.3) is 33.5 Å². The number of rotatable bonds is 3.